The van der Waals surface area contributed by atoms with Crippen LogP contribution in [0, 0.1) is 10.6 Å². The van der Waals surface area contributed by atoms with Crippen molar-refractivity contribution in [3.05, 3.63) is 54.3 Å². The molecule has 3 rings (SSSR count). The van der Waals surface area contributed by atoms with Gasteiger partial charge in [0.25, 0.3) is 0 Å². The molecule has 12 nitrogen and oxygen atoms in total. The lowest BCUT2D eigenvalue weighted by molar-refractivity contribution is -0.189. The molecule has 2 heterocycles. The van der Waals surface area contributed by atoms with Gasteiger partial charge in [-0.25, -0.2) is 28.1 Å². The minimum Gasteiger partial charge on any atom is -0.447 e. The summed E-state index contributed by atoms with van der Waals surface area (Å²) in [6.07, 6.45) is -1.36. The quantitative estimate of drug-likeness (QED) is 0.408. The molecule has 33 heavy (non-hydrogen) atoms. The molecular formula is C18H18ClFN4O8S. The topological polar surface area (TPSA) is 123 Å². The van der Waals surface area contributed by atoms with Gasteiger partial charge in [0.1, 0.15) is 12.5 Å². The molecule has 1 aliphatic heterocycles. The van der Waals surface area contributed by atoms with Crippen LogP contribution in [0.2, 0.25) is 5.02 Å². The molecule has 0 aliphatic carbocycles. The Morgan fingerprint density at radius 3 is 2.45 bits per heavy atom. The van der Waals surface area contributed by atoms with E-state index < -0.39 is 40.9 Å². The number of hydrogen-bond acceptors (Lipinski definition) is 10. The van der Waals surface area contributed by atoms with Crippen LogP contribution in [-0.2, 0) is 37.9 Å². The molecule has 0 bridgehead atoms. The number of benzene rings is 1. The molecule has 1 unspecified atom stereocenters. The van der Waals surface area contributed by atoms with Crippen LogP contribution in [0.5, 0.6) is 0 Å². The average Bonchev–Trinajstić information content (AvgIpc) is 3.29. The van der Waals surface area contributed by atoms with Gasteiger partial charge in [0.2, 0.25) is 0 Å². The van der Waals surface area contributed by atoms with Gasteiger partial charge in [-0.15, -0.1) is 5.06 Å². The van der Waals surface area contributed by atoms with Gasteiger partial charge in [0, 0.05) is 14.1 Å². The van der Waals surface area contributed by atoms with E-state index in [-0.39, 0.29) is 35.6 Å². The van der Waals surface area contributed by atoms with Crippen molar-refractivity contribution >= 4 is 35.8 Å². The molecule has 1 aromatic carbocycles. The fourth-order valence-electron chi connectivity index (χ4n) is 2.73. The first-order chi connectivity index (χ1) is 15.5. The second kappa shape index (κ2) is 9.93. The molecule has 0 amide bonds. The predicted molar refractivity (Wildman–Crippen MR) is 112 cm³/mol. The van der Waals surface area contributed by atoms with Crippen molar-refractivity contribution < 1.29 is 33.0 Å². The number of ether oxygens (including phenoxy) is 3. The number of hydroxylamine groups is 2. The van der Waals surface area contributed by atoms with Crippen LogP contribution in [-0.4, -0.2) is 57.1 Å². The smallest absolute Gasteiger partial charge is 0.348 e. The highest BCUT2D eigenvalue weighted by Crippen LogP contribution is 2.23. The Balaban J connectivity index is 1.88. The molecule has 1 aliphatic rings. The highest BCUT2D eigenvalue weighted by atomic mass is 35.5. The lowest BCUT2D eigenvalue weighted by Crippen LogP contribution is -2.44. The molecule has 15 heteroatoms. The number of rotatable bonds is 6. The van der Waals surface area contributed by atoms with E-state index in [4.69, 9.17) is 42.9 Å². The zero-order valence-electron chi connectivity index (χ0n) is 17.6. The van der Waals surface area contributed by atoms with E-state index in [1.54, 1.807) is 0 Å². The molecule has 0 radical (unpaired) electrons. The van der Waals surface area contributed by atoms with Crippen LogP contribution in [0.25, 0.3) is 5.69 Å². The first kappa shape index (κ1) is 24.7. The minimum absolute atomic E-state index is 0.0207. The van der Waals surface area contributed by atoms with Gasteiger partial charge in [-0.1, -0.05) is 11.6 Å². The maximum absolute atomic E-state index is 14.7. The average molecular weight is 505 g/mol. The second-order valence-electron chi connectivity index (χ2n) is 6.79. The van der Waals surface area contributed by atoms with Gasteiger partial charge in [0.05, 0.1) is 16.3 Å². The normalized spacial score (nSPS) is 14.8. The van der Waals surface area contributed by atoms with E-state index in [1.807, 2.05) is 0 Å². The summed E-state index contributed by atoms with van der Waals surface area (Å²) in [7, 11) is 2.60. The maximum Gasteiger partial charge on any atom is 0.348 e. The van der Waals surface area contributed by atoms with Crippen LogP contribution in [0.1, 0.15) is 17.3 Å². The highest BCUT2D eigenvalue weighted by molar-refractivity contribution is 7.71. The molecule has 0 N–H and O–H groups in total. The monoisotopic (exact) mass is 504 g/mol. The molecule has 1 fully saturated rings. The molecule has 0 spiro atoms. The van der Waals surface area contributed by atoms with E-state index in [1.165, 1.54) is 26.1 Å². The SMILES string of the molecule is CC(OC(=O)c1cc(-n2c(=O)n(C)c(=S)n(C)c2=O)c(F)cc1Cl)C(=O)OCN1COCO1. The Morgan fingerprint density at radius 1 is 1.24 bits per heavy atom. The number of halogens is 2. The summed E-state index contributed by atoms with van der Waals surface area (Å²) < 4.78 is 31.9. The lowest BCUT2D eigenvalue weighted by atomic mass is 10.2. The first-order valence-electron chi connectivity index (χ1n) is 9.24. The van der Waals surface area contributed by atoms with Crippen molar-refractivity contribution in [1.29, 1.82) is 0 Å². The molecule has 1 saturated heterocycles. The standard InChI is InChI=1S/C18H18ClFN4O8S/c1-9(14(25)30-7-23-6-29-8-31-23)32-15(26)10-4-13(12(20)5-11(10)19)24-16(27)21(2)18(33)22(3)17(24)28/h4-5,9H,6-8H2,1-3H3. The van der Waals surface area contributed by atoms with Crippen LogP contribution in [0.3, 0.4) is 0 Å². The summed E-state index contributed by atoms with van der Waals surface area (Å²) in [6.45, 7) is 1.11. The summed E-state index contributed by atoms with van der Waals surface area (Å²) in [5, 5.41) is 0.862. The van der Waals surface area contributed by atoms with Gasteiger partial charge in [0.15, 0.2) is 24.4 Å². The third-order valence-corrected chi connectivity index (χ3v) is 5.41. The number of carbonyl (C=O) groups excluding carboxylic acids is 2. The third-order valence-electron chi connectivity index (χ3n) is 4.55. The lowest BCUT2D eigenvalue weighted by Gasteiger charge is -2.16. The molecule has 1 aromatic heterocycles. The van der Waals surface area contributed by atoms with Crippen molar-refractivity contribution in [2.24, 2.45) is 14.1 Å². The van der Waals surface area contributed by atoms with E-state index in [0.717, 1.165) is 21.3 Å². The van der Waals surface area contributed by atoms with Crippen molar-refractivity contribution in [3.63, 3.8) is 0 Å². The zero-order chi connectivity index (χ0) is 24.4. The number of carbonyl (C=O) groups is 2. The van der Waals surface area contributed by atoms with Gasteiger partial charge in [-0.05, 0) is 31.3 Å². The highest BCUT2D eigenvalue weighted by Gasteiger charge is 2.26. The fraction of sp³-hybridized carbons (Fsp3) is 0.389. The summed E-state index contributed by atoms with van der Waals surface area (Å²) in [5.41, 5.74) is -2.81. The van der Waals surface area contributed by atoms with E-state index in [2.05, 4.69) is 0 Å². The zero-order valence-corrected chi connectivity index (χ0v) is 19.1. The van der Waals surface area contributed by atoms with Crippen LogP contribution in [0.4, 0.5) is 4.39 Å². The van der Waals surface area contributed by atoms with E-state index in [0.29, 0.717) is 4.57 Å². The first-order valence-corrected chi connectivity index (χ1v) is 10.0. The molecular weight excluding hydrogens is 487 g/mol. The van der Waals surface area contributed by atoms with Gasteiger partial charge < -0.3 is 14.2 Å². The summed E-state index contributed by atoms with van der Waals surface area (Å²) >= 11 is 11.0. The van der Waals surface area contributed by atoms with Gasteiger partial charge in [-0.2, -0.15) is 0 Å². The van der Waals surface area contributed by atoms with Crippen LogP contribution >= 0.6 is 23.8 Å². The Kier molecular flexibility index (Phi) is 7.44. The Hall–Kier alpha value is -2.91. The van der Waals surface area contributed by atoms with Crippen LogP contribution < -0.4 is 11.4 Å². The van der Waals surface area contributed by atoms with Crippen molar-refractivity contribution in [1.82, 2.24) is 18.8 Å². The predicted octanol–water partition coefficient (Wildman–Crippen LogP) is 0.621. The van der Waals surface area contributed by atoms with Crippen molar-refractivity contribution in [3.8, 4) is 5.69 Å². The molecule has 178 valence electrons. The number of esters is 2. The molecule has 1 atom stereocenters. The summed E-state index contributed by atoms with van der Waals surface area (Å²) in [4.78, 5) is 54.8. The Labute approximate surface area is 195 Å². The third kappa shape index (κ3) is 5.04. The van der Waals surface area contributed by atoms with Crippen LogP contribution in [0.15, 0.2) is 21.7 Å². The summed E-state index contributed by atoms with van der Waals surface area (Å²) in [6, 6.07) is 1.62. The molecule has 2 aromatic rings. The number of aromatic nitrogens is 3. The van der Waals surface area contributed by atoms with Gasteiger partial charge >= 0.3 is 23.3 Å². The maximum atomic E-state index is 14.7. The number of hydrogen-bond donors (Lipinski definition) is 0. The molecule has 0 saturated carbocycles. The van der Waals surface area contributed by atoms with Crippen molar-refractivity contribution in [2.75, 3.05) is 20.3 Å². The Morgan fingerprint density at radius 2 is 1.88 bits per heavy atom. The summed E-state index contributed by atoms with van der Waals surface area (Å²) in [5.74, 6) is -3.05. The van der Waals surface area contributed by atoms with Crippen molar-refractivity contribution in [2.45, 2.75) is 13.0 Å². The van der Waals surface area contributed by atoms with Gasteiger partial charge in [-0.3, -0.25) is 14.0 Å². The fourth-order valence-corrected chi connectivity index (χ4v) is 3.11. The second-order valence-corrected chi connectivity index (χ2v) is 7.56. The largest absolute Gasteiger partial charge is 0.447 e. The number of nitrogens with zero attached hydrogens (tertiary/aromatic N) is 4. The Bertz CT molecular complexity index is 1240. The minimum atomic E-state index is -1.36. The van der Waals surface area contributed by atoms with E-state index in [9.17, 15) is 23.6 Å². The van der Waals surface area contributed by atoms with E-state index >= 15 is 0 Å².